The van der Waals surface area contributed by atoms with Crippen molar-refractivity contribution in [2.75, 3.05) is 33.2 Å². The Labute approximate surface area is 90.2 Å². The third kappa shape index (κ3) is 4.29. The van der Waals surface area contributed by atoms with Crippen molar-refractivity contribution in [2.24, 2.45) is 0 Å². The maximum Gasteiger partial charge on any atom is 0.239 e. The van der Waals surface area contributed by atoms with Crippen LogP contribution in [0, 0.1) is 0 Å². The molecule has 0 radical (unpaired) electrons. The Bertz CT molecular complexity index is 231. The second-order valence-corrected chi connectivity index (χ2v) is 3.73. The van der Waals surface area contributed by atoms with Crippen LogP contribution in [-0.4, -0.2) is 49.9 Å². The van der Waals surface area contributed by atoms with Crippen molar-refractivity contribution in [1.29, 1.82) is 0 Å². The van der Waals surface area contributed by atoms with Crippen molar-refractivity contribution < 1.29 is 9.59 Å². The van der Waals surface area contributed by atoms with Crippen molar-refractivity contribution in [3.63, 3.8) is 0 Å². The summed E-state index contributed by atoms with van der Waals surface area (Å²) in [7, 11) is 1.83. The highest BCUT2D eigenvalue weighted by molar-refractivity contribution is 5.85. The minimum absolute atomic E-state index is 0.0690. The number of rotatable bonds is 5. The molecule has 1 aliphatic heterocycles. The molecule has 5 nitrogen and oxygen atoms in total. The summed E-state index contributed by atoms with van der Waals surface area (Å²) in [5.74, 6) is 0.0329. The van der Waals surface area contributed by atoms with E-state index < -0.39 is 0 Å². The van der Waals surface area contributed by atoms with E-state index in [1.165, 1.54) is 0 Å². The van der Waals surface area contributed by atoms with Gasteiger partial charge in [0, 0.05) is 26.1 Å². The monoisotopic (exact) mass is 213 g/mol. The van der Waals surface area contributed by atoms with Gasteiger partial charge in [-0.1, -0.05) is 0 Å². The van der Waals surface area contributed by atoms with E-state index in [-0.39, 0.29) is 18.4 Å². The fraction of sp³-hybridized carbons (Fsp3) is 0.800. The van der Waals surface area contributed by atoms with E-state index in [1.54, 1.807) is 4.90 Å². The minimum Gasteiger partial charge on any atom is -0.353 e. The maximum atomic E-state index is 11.4. The van der Waals surface area contributed by atoms with Gasteiger partial charge < -0.3 is 15.5 Å². The number of amides is 2. The fourth-order valence-corrected chi connectivity index (χ4v) is 1.59. The van der Waals surface area contributed by atoms with Gasteiger partial charge in [-0.3, -0.25) is 9.59 Å². The molecule has 15 heavy (non-hydrogen) atoms. The lowest BCUT2D eigenvalue weighted by Gasteiger charge is -2.25. The first-order chi connectivity index (χ1) is 7.24. The first-order valence-electron chi connectivity index (χ1n) is 5.43. The summed E-state index contributed by atoms with van der Waals surface area (Å²) in [6.45, 7) is 2.29. The third-order valence-electron chi connectivity index (χ3n) is 2.45. The molecule has 0 aliphatic carbocycles. The van der Waals surface area contributed by atoms with Gasteiger partial charge in [-0.25, -0.2) is 0 Å². The first kappa shape index (κ1) is 12.0. The molecule has 1 aliphatic rings. The second kappa shape index (κ2) is 6.40. The normalized spacial score (nSPS) is 16.6. The summed E-state index contributed by atoms with van der Waals surface area (Å²) >= 11 is 0. The van der Waals surface area contributed by atoms with Crippen molar-refractivity contribution in [3.8, 4) is 0 Å². The van der Waals surface area contributed by atoms with Crippen LogP contribution in [0.5, 0.6) is 0 Å². The Kier molecular flexibility index (Phi) is 5.10. The zero-order chi connectivity index (χ0) is 11.1. The lowest BCUT2D eigenvalue weighted by Crippen LogP contribution is -2.44. The number of nitrogens with zero attached hydrogens (tertiary/aromatic N) is 1. The molecule has 1 fully saturated rings. The number of likely N-dealkylation sites (N-methyl/N-ethyl adjacent to an activating group) is 1. The summed E-state index contributed by atoms with van der Waals surface area (Å²) in [6, 6.07) is 0. The van der Waals surface area contributed by atoms with Crippen molar-refractivity contribution >= 4 is 11.8 Å². The number of nitrogens with one attached hydrogen (secondary N) is 2. The van der Waals surface area contributed by atoms with E-state index >= 15 is 0 Å². The van der Waals surface area contributed by atoms with Crippen LogP contribution < -0.4 is 10.6 Å². The van der Waals surface area contributed by atoms with Crippen LogP contribution in [-0.2, 0) is 9.59 Å². The van der Waals surface area contributed by atoms with Crippen molar-refractivity contribution in [2.45, 2.75) is 19.3 Å². The average Bonchev–Trinajstić information content (AvgIpc) is 2.22. The molecule has 0 aromatic heterocycles. The molecule has 0 saturated carbocycles. The SMILES string of the molecule is CNCCNC(=O)CN1CCCCC1=O. The van der Waals surface area contributed by atoms with E-state index in [2.05, 4.69) is 10.6 Å². The van der Waals surface area contributed by atoms with E-state index in [4.69, 9.17) is 0 Å². The van der Waals surface area contributed by atoms with Crippen LogP contribution in [0.25, 0.3) is 0 Å². The lowest BCUT2D eigenvalue weighted by atomic mass is 10.1. The van der Waals surface area contributed by atoms with E-state index in [0.717, 1.165) is 25.9 Å². The topological polar surface area (TPSA) is 61.4 Å². The average molecular weight is 213 g/mol. The Balaban J connectivity index is 2.21. The van der Waals surface area contributed by atoms with E-state index in [1.807, 2.05) is 7.05 Å². The number of likely N-dealkylation sites (tertiary alicyclic amines) is 1. The van der Waals surface area contributed by atoms with Gasteiger partial charge in [-0.2, -0.15) is 0 Å². The standard InChI is InChI=1S/C10H19N3O2/c1-11-5-6-12-9(14)8-13-7-3-2-4-10(13)15/h11H,2-8H2,1H3,(H,12,14). The highest BCUT2D eigenvalue weighted by Crippen LogP contribution is 2.09. The lowest BCUT2D eigenvalue weighted by molar-refractivity contribution is -0.137. The summed E-state index contributed by atoms with van der Waals surface area (Å²) < 4.78 is 0. The number of carbonyl (C=O) groups is 2. The smallest absolute Gasteiger partial charge is 0.239 e. The molecule has 2 N–H and O–H groups in total. The predicted octanol–water partition coefficient (Wildman–Crippen LogP) is -0.665. The summed E-state index contributed by atoms with van der Waals surface area (Å²) in [6.07, 6.45) is 2.55. The van der Waals surface area contributed by atoms with Crippen LogP contribution in [0.4, 0.5) is 0 Å². The van der Waals surface area contributed by atoms with Gasteiger partial charge in [0.1, 0.15) is 0 Å². The predicted molar refractivity (Wildman–Crippen MR) is 57.4 cm³/mol. The van der Waals surface area contributed by atoms with Crippen LogP contribution in [0.2, 0.25) is 0 Å². The van der Waals surface area contributed by atoms with E-state index in [0.29, 0.717) is 13.0 Å². The summed E-state index contributed by atoms with van der Waals surface area (Å²) in [5, 5.41) is 5.70. The van der Waals surface area contributed by atoms with Crippen LogP contribution in [0.1, 0.15) is 19.3 Å². The molecule has 1 saturated heterocycles. The van der Waals surface area contributed by atoms with Gasteiger partial charge in [0.25, 0.3) is 0 Å². The van der Waals surface area contributed by atoms with E-state index in [9.17, 15) is 9.59 Å². The molecule has 0 unspecified atom stereocenters. The Morgan fingerprint density at radius 2 is 2.20 bits per heavy atom. The van der Waals surface area contributed by atoms with Crippen molar-refractivity contribution in [3.05, 3.63) is 0 Å². The van der Waals surface area contributed by atoms with Gasteiger partial charge in [0.2, 0.25) is 11.8 Å². The zero-order valence-electron chi connectivity index (χ0n) is 9.21. The highest BCUT2D eigenvalue weighted by Gasteiger charge is 2.19. The molecule has 2 amide bonds. The number of carbonyl (C=O) groups excluding carboxylic acids is 2. The largest absolute Gasteiger partial charge is 0.353 e. The summed E-state index contributed by atoms with van der Waals surface area (Å²) in [4.78, 5) is 24.4. The van der Waals surface area contributed by atoms with Crippen LogP contribution in [0.3, 0.4) is 0 Å². The molecule has 0 spiro atoms. The van der Waals surface area contributed by atoms with Crippen molar-refractivity contribution in [1.82, 2.24) is 15.5 Å². The van der Waals surface area contributed by atoms with Gasteiger partial charge in [0.15, 0.2) is 0 Å². The first-order valence-corrected chi connectivity index (χ1v) is 5.43. The van der Waals surface area contributed by atoms with Gasteiger partial charge >= 0.3 is 0 Å². The minimum atomic E-state index is -0.0690. The quantitative estimate of drug-likeness (QED) is 0.596. The molecular weight excluding hydrogens is 194 g/mol. The summed E-state index contributed by atoms with van der Waals surface area (Å²) in [5.41, 5.74) is 0. The second-order valence-electron chi connectivity index (χ2n) is 3.73. The molecule has 5 heteroatoms. The Morgan fingerprint density at radius 3 is 2.87 bits per heavy atom. The van der Waals surface area contributed by atoms with Crippen LogP contribution in [0.15, 0.2) is 0 Å². The van der Waals surface area contributed by atoms with Gasteiger partial charge in [0.05, 0.1) is 6.54 Å². The number of hydrogen-bond acceptors (Lipinski definition) is 3. The zero-order valence-corrected chi connectivity index (χ0v) is 9.21. The van der Waals surface area contributed by atoms with Gasteiger partial charge in [-0.15, -0.1) is 0 Å². The maximum absolute atomic E-state index is 11.4. The third-order valence-corrected chi connectivity index (χ3v) is 2.45. The van der Waals surface area contributed by atoms with Crippen LogP contribution >= 0.6 is 0 Å². The molecule has 0 aromatic carbocycles. The molecule has 0 bridgehead atoms. The Hall–Kier alpha value is -1.10. The highest BCUT2D eigenvalue weighted by atomic mass is 16.2. The molecule has 1 rings (SSSR count). The molecular formula is C10H19N3O2. The number of piperidine rings is 1. The molecule has 0 aromatic rings. The molecule has 86 valence electrons. The fourth-order valence-electron chi connectivity index (χ4n) is 1.59. The molecule has 1 heterocycles. The molecule has 0 atom stereocenters. The number of hydrogen-bond donors (Lipinski definition) is 2. The van der Waals surface area contributed by atoms with Gasteiger partial charge in [-0.05, 0) is 19.9 Å². The Morgan fingerprint density at radius 1 is 1.40 bits per heavy atom.